The Labute approximate surface area is 176 Å². The number of nitrogens with one attached hydrogen (secondary N) is 1. The Morgan fingerprint density at radius 1 is 1.20 bits per heavy atom. The highest BCUT2D eigenvalue weighted by Gasteiger charge is 2.45. The summed E-state index contributed by atoms with van der Waals surface area (Å²) in [6.45, 7) is 2.84. The van der Waals surface area contributed by atoms with E-state index >= 15 is 0 Å². The lowest BCUT2D eigenvalue weighted by Gasteiger charge is -2.41. The number of likely N-dealkylation sites (tertiary alicyclic amines) is 1. The topological polar surface area (TPSA) is 67.9 Å². The molecule has 1 saturated heterocycles. The minimum atomic E-state index is -0.833. The highest BCUT2D eigenvalue weighted by molar-refractivity contribution is 5.90. The number of urea groups is 1. The van der Waals surface area contributed by atoms with Crippen LogP contribution in [0.4, 0.5) is 14.9 Å². The summed E-state index contributed by atoms with van der Waals surface area (Å²) in [5, 5.41) is 2.78. The van der Waals surface area contributed by atoms with E-state index in [4.69, 9.17) is 9.47 Å². The lowest BCUT2D eigenvalue weighted by Crippen LogP contribution is -2.52. The van der Waals surface area contributed by atoms with Crippen molar-refractivity contribution in [3.8, 4) is 5.75 Å². The molecule has 6 nitrogen and oxygen atoms in total. The van der Waals surface area contributed by atoms with Gasteiger partial charge in [-0.2, -0.15) is 0 Å². The van der Waals surface area contributed by atoms with Gasteiger partial charge in [0, 0.05) is 18.8 Å². The first-order chi connectivity index (χ1) is 14.5. The normalized spacial score (nSPS) is 18.6. The van der Waals surface area contributed by atoms with Crippen LogP contribution in [0.2, 0.25) is 0 Å². The summed E-state index contributed by atoms with van der Waals surface area (Å²) in [6.07, 6.45) is 1.76. The first-order valence-corrected chi connectivity index (χ1v) is 10.1. The van der Waals surface area contributed by atoms with Crippen LogP contribution in [-0.2, 0) is 16.0 Å². The fourth-order valence-corrected chi connectivity index (χ4v) is 3.88. The number of methoxy groups -OCH3 is 1. The van der Waals surface area contributed by atoms with E-state index < -0.39 is 5.41 Å². The van der Waals surface area contributed by atoms with Crippen LogP contribution >= 0.6 is 0 Å². The largest absolute Gasteiger partial charge is 0.497 e. The minimum absolute atomic E-state index is 0.246. The van der Waals surface area contributed by atoms with Crippen LogP contribution in [-0.4, -0.2) is 43.7 Å². The first kappa shape index (κ1) is 21.6. The molecule has 1 N–H and O–H groups in total. The van der Waals surface area contributed by atoms with Crippen molar-refractivity contribution in [2.45, 2.75) is 26.2 Å². The van der Waals surface area contributed by atoms with Crippen LogP contribution in [0.25, 0.3) is 0 Å². The van der Waals surface area contributed by atoms with E-state index in [2.05, 4.69) is 5.32 Å². The Bertz CT molecular complexity index is 887. The number of carbonyl (C=O) groups excluding carboxylic acids is 2. The number of halogens is 1. The number of hydrogen-bond acceptors (Lipinski definition) is 4. The van der Waals surface area contributed by atoms with Crippen molar-refractivity contribution in [3.63, 3.8) is 0 Å². The summed E-state index contributed by atoms with van der Waals surface area (Å²) in [4.78, 5) is 27.4. The monoisotopic (exact) mass is 414 g/mol. The van der Waals surface area contributed by atoms with Crippen molar-refractivity contribution >= 4 is 17.7 Å². The van der Waals surface area contributed by atoms with Gasteiger partial charge in [0.2, 0.25) is 0 Å². The molecule has 2 amide bonds. The van der Waals surface area contributed by atoms with Gasteiger partial charge in [-0.05, 0) is 68.1 Å². The lowest BCUT2D eigenvalue weighted by atomic mass is 9.75. The first-order valence-electron chi connectivity index (χ1n) is 10.1. The Balaban J connectivity index is 1.80. The average Bonchev–Trinajstić information content (AvgIpc) is 2.75. The molecule has 1 aliphatic heterocycles. The predicted molar refractivity (Wildman–Crippen MR) is 112 cm³/mol. The van der Waals surface area contributed by atoms with Crippen LogP contribution in [0.5, 0.6) is 5.75 Å². The predicted octanol–water partition coefficient (Wildman–Crippen LogP) is 4.25. The molecule has 0 spiro atoms. The molecule has 0 saturated carbocycles. The molecule has 1 fully saturated rings. The van der Waals surface area contributed by atoms with Crippen molar-refractivity contribution in [1.82, 2.24) is 4.90 Å². The van der Waals surface area contributed by atoms with E-state index in [1.54, 1.807) is 18.9 Å². The molecule has 0 aliphatic carbocycles. The van der Waals surface area contributed by atoms with Gasteiger partial charge in [-0.25, -0.2) is 9.18 Å². The van der Waals surface area contributed by atoms with Crippen molar-refractivity contribution in [2.75, 3.05) is 32.1 Å². The minimum Gasteiger partial charge on any atom is -0.497 e. The molecule has 160 valence electrons. The summed E-state index contributed by atoms with van der Waals surface area (Å²) in [6, 6.07) is 12.9. The number of carbonyl (C=O) groups is 2. The van der Waals surface area contributed by atoms with Gasteiger partial charge in [-0.1, -0.05) is 12.1 Å². The lowest BCUT2D eigenvalue weighted by molar-refractivity contribution is -0.158. The fraction of sp³-hybridized carbons (Fsp3) is 0.391. The molecule has 2 aromatic carbocycles. The molecule has 30 heavy (non-hydrogen) atoms. The van der Waals surface area contributed by atoms with Gasteiger partial charge in [0.15, 0.2) is 0 Å². The van der Waals surface area contributed by atoms with Crippen molar-refractivity contribution in [2.24, 2.45) is 5.41 Å². The summed E-state index contributed by atoms with van der Waals surface area (Å²) in [5.74, 6) is 0.0471. The van der Waals surface area contributed by atoms with Crippen LogP contribution in [0.3, 0.4) is 0 Å². The standard InChI is InChI=1S/C23H27FN2O4/c1-3-30-21(27)23(15-17-6-4-7-20(14-17)29-2)12-5-13-26(16-23)22(28)25-19-10-8-18(24)9-11-19/h4,6-11,14H,3,5,12-13,15-16H2,1-2H3,(H,25,28)/t23-/m1/s1. The number of amides is 2. The molecule has 0 aromatic heterocycles. The summed E-state index contributed by atoms with van der Waals surface area (Å²) in [5.41, 5.74) is 0.616. The Kier molecular flexibility index (Phi) is 6.92. The number of hydrogen-bond donors (Lipinski definition) is 1. The van der Waals surface area contributed by atoms with Gasteiger partial charge in [0.1, 0.15) is 11.6 Å². The number of anilines is 1. The van der Waals surface area contributed by atoms with Gasteiger partial charge < -0.3 is 19.7 Å². The zero-order valence-electron chi connectivity index (χ0n) is 17.3. The molecule has 2 aromatic rings. The van der Waals surface area contributed by atoms with Crippen molar-refractivity contribution in [1.29, 1.82) is 0 Å². The number of rotatable bonds is 6. The third-order valence-electron chi connectivity index (χ3n) is 5.34. The quantitative estimate of drug-likeness (QED) is 0.718. The van der Waals surface area contributed by atoms with E-state index in [0.29, 0.717) is 37.2 Å². The van der Waals surface area contributed by atoms with E-state index in [9.17, 15) is 14.0 Å². The molecular formula is C23H27FN2O4. The Morgan fingerprint density at radius 2 is 1.97 bits per heavy atom. The highest BCUT2D eigenvalue weighted by atomic mass is 19.1. The van der Waals surface area contributed by atoms with Gasteiger partial charge >= 0.3 is 12.0 Å². The molecule has 3 rings (SSSR count). The van der Waals surface area contributed by atoms with E-state index in [1.165, 1.54) is 24.3 Å². The van der Waals surface area contributed by atoms with Gasteiger partial charge in [-0.3, -0.25) is 4.79 Å². The fourth-order valence-electron chi connectivity index (χ4n) is 3.88. The average molecular weight is 414 g/mol. The smallest absolute Gasteiger partial charge is 0.321 e. The van der Waals surface area contributed by atoms with Gasteiger partial charge in [0.05, 0.1) is 19.1 Å². The molecule has 1 aliphatic rings. The molecule has 1 atom stereocenters. The summed E-state index contributed by atoms with van der Waals surface area (Å²) < 4.78 is 23.8. The second-order valence-electron chi connectivity index (χ2n) is 7.49. The number of piperidine rings is 1. The van der Waals surface area contributed by atoms with Crippen LogP contribution in [0.15, 0.2) is 48.5 Å². The molecule has 1 heterocycles. The second kappa shape index (κ2) is 9.61. The van der Waals surface area contributed by atoms with Crippen LogP contribution in [0.1, 0.15) is 25.3 Å². The Morgan fingerprint density at radius 3 is 2.67 bits per heavy atom. The summed E-state index contributed by atoms with van der Waals surface area (Å²) in [7, 11) is 1.60. The maximum Gasteiger partial charge on any atom is 0.321 e. The molecule has 7 heteroatoms. The zero-order valence-corrected chi connectivity index (χ0v) is 17.3. The maximum absolute atomic E-state index is 13.1. The third kappa shape index (κ3) is 5.09. The number of ether oxygens (including phenoxy) is 2. The third-order valence-corrected chi connectivity index (χ3v) is 5.34. The molecule has 0 unspecified atom stereocenters. The van der Waals surface area contributed by atoms with E-state index in [1.807, 2.05) is 24.3 Å². The van der Waals surface area contributed by atoms with Crippen molar-refractivity contribution < 1.29 is 23.5 Å². The molecule has 0 radical (unpaired) electrons. The number of benzene rings is 2. The second-order valence-corrected chi connectivity index (χ2v) is 7.49. The maximum atomic E-state index is 13.1. The van der Waals surface area contributed by atoms with Crippen LogP contribution in [0, 0.1) is 11.2 Å². The van der Waals surface area contributed by atoms with Gasteiger partial charge in [-0.15, -0.1) is 0 Å². The van der Waals surface area contributed by atoms with Gasteiger partial charge in [0.25, 0.3) is 0 Å². The Hall–Kier alpha value is -3.09. The van der Waals surface area contributed by atoms with E-state index in [0.717, 1.165) is 5.56 Å². The number of esters is 1. The van der Waals surface area contributed by atoms with Crippen LogP contribution < -0.4 is 10.1 Å². The molecule has 0 bridgehead atoms. The van der Waals surface area contributed by atoms with Crippen molar-refractivity contribution in [3.05, 3.63) is 59.9 Å². The SMILES string of the molecule is CCOC(=O)[C@@]1(Cc2cccc(OC)c2)CCCN(C(=O)Nc2ccc(F)cc2)C1. The summed E-state index contributed by atoms with van der Waals surface area (Å²) >= 11 is 0. The molecular weight excluding hydrogens is 387 g/mol. The van der Waals surface area contributed by atoms with E-state index in [-0.39, 0.29) is 31.0 Å². The number of nitrogens with zero attached hydrogens (tertiary/aromatic N) is 1. The zero-order chi connectivity index (χ0) is 21.6. The highest BCUT2D eigenvalue weighted by Crippen LogP contribution is 2.36.